The maximum Gasteiger partial charge on any atom is 0.270 e. The molecule has 1 aromatic carbocycles. The number of benzene rings is 1. The van der Waals surface area contributed by atoms with Crippen LogP contribution in [0.4, 0.5) is 0 Å². The Bertz CT molecular complexity index is 993. The minimum absolute atomic E-state index is 0.0683. The number of aryl methyl sites for hydroxylation is 2. The van der Waals surface area contributed by atoms with Crippen LogP contribution < -0.4 is 5.32 Å². The first-order valence-corrected chi connectivity index (χ1v) is 9.18. The summed E-state index contributed by atoms with van der Waals surface area (Å²) in [6.07, 6.45) is 1.84. The molecule has 2 N–H and O–H groups in total. The Morgan fingerprint density at radius 2 is 1.93 bits per heavy atom. The fourth-order valence-electron chi connectivity index (χ4n) is 3.59. The zero-order chi connectivity index (χ0) is 19.7. The van der Waals surface area contributed by atoms with Gasteiger partial charge in [-0.25, -0.2) is 4.98 Å². The van der Waals surface area contributed by atoms with Gasteiger partial charge in [-0.2, -0.15) is 5.10 Å². The van der Waals surface area contributed by atoms with Crippen molar-refractivity contribution < 1.29 is 9.59 Å². The molecule has 1 aliphatic heterocycles. The lowest BCUT2D eigenvalue weighted by molar-refractivity contribution is 0.0773. The van der Waals surface area contributed by atoms with Gasteiger partial charge >= 0.3 is 0 Å². The van der Waals surface area contributed by atoms with Crippen molar-refractivity contribution in [2.75, 3.05) is 13.1 Å². The maximum atomic E-state index is 13.0. The second-order valence-electron chi connectivity index (χ2n) is 7.05. The number of aromatic amines is 1. The number of carbonyl (C=O) groups excluding carboxylic acids is 2. The van der Waals surface area contributed by atoms with Crippen molar-refractivity contribution in [2.45, 2.75) is 18.9 Å². The van der Waals surface area contributed by atoms with Gasteiger partial charge in [0.1, 0.15) is 11.5 Å². The molecule has 4 rings (SSSR count). The van der Waals surface area contributed by atoms with Crippen LogP contribution >= 0.6 is 0 Å². The van der Waals surface area contributed by atoms with Crippen LogP contribution in [0.1, 0.15) is 38.4 Å². The van der Waals surface area contributed by atoms with E-state index in [9.17, 15) is 9.59 Å². The van der Waals surface area contributed by atoms with Gasteiger partial charge in [0, 0.05) is 31.9 Å². The summed E-state index contributed by atoms with van der Waals surface area (Å²) in [5, 5.41) is 10.2. The zero-order valence-electron chi connectivity index (χ0n) is 15.8. The monoisotopic (exact) mass is 378 g/mol. The van der Waals surface area contributed by atoms with E-state index in [0.29, 0.717) is 36.0 Å². The molecule has 3 heterocycles. The van der Waals surface area contributed by atoms with E-state index < -0.39 is 0 Å². The Hall–Kier alpha value is -3.42. The average Bonchev–Trinajstić information content (AvgIpc) is 3.42. The lowest BCUT2D eigenvalue weighted by Crippen LogP contribution is -2.40. The van der Waals surface area contributed by atoms with Crippen LogP contribution in [0.15, 0.2) is 48.7 Å². The first kappa shape index (κ1) is 18.0. The Morgan fingerprint density at radius 1 is 1.14 bits per heavy atom. The van der Waals surface area contributed by atoms with Crippen LogP contribution in [0.3, 0.4) is 0 Å². The molecule has 2 atom stereocenters. The van der Waals surface area contributed by atoms with E-state index in [-0.39, 0.29) is 23.8 Å². The molecule has 0 aliphatic carbocycles. The van der Waals surface area contributed by atoms with Crippen LogP contribution in [0, 0.1) is 6.92 Å². The second kappa shape index (κ2) is 7.30. The van der Waals surface area contributed by atoms with Gasteiger partial charge < -0.3 is 14.8 Å². The predicted octanol–water partition coefficient (Wildman–Crippen LogP) is 1.49. The molecular formula is C20H22N6O2. The molecule has 0 bridgehead atoms. The highest BCUT2D eigenvalue weighted by Gasteiger charge is 2.40. The SMILES string of the molecule is Cc1nc([C@@H]2CN(C(=O)c3cccn3C)C[C@H]2NC(=O)c2ccccc2)n[nH]1. The Balaban J connectivity index is 1.58. The molecule has 0 unspecified atom stereocenters. The molecule has 1 aliphatic rings. The number of hydrogen-bond acceptors (Lipinski definition) is 4. The number of hydrogen-bond donors (Lipinski definition) is 2. The predicted molar refractivity (Wildman–Crippen MR) is 103 cm³/mol. The third-order valence-electron chi connectivity index (χ3n) is 5.07. The summed E-state index contributed by atoms with van der Waals surface area (Å²) in [7, 11) is 1.84. The zero-order valence-corrected chi connectivity index (χ0v) is 15.8. The third kappa shape index (κ3) is 3.40. The molecule has 8 heteroatoms. The molecule has 1 fully saturated rings. The van der Waals surface area contributed by atoms with E-state index in [1.54, 1.807) is 27.7 Å². The molecule has 2 amide bonds. The number of likely N-dealkylation sites (tertiary alicyclic amines) is 1. The molecule has 2 aromatic heterocycles. The van der Waals surface area contributed by atoms with Gasteiger partial charge in [0.05, 0.1) is 12.0 Å². The Morgan fingerprint density at radius 3 is 2.57 bits per heavy atom. The van der Waals surface area contributed by atoms with Crippen molar-refractivity contribution in [1.82, 2.24) is 30.0 Å². The van der Waals surface area contributed by atoms with E-state index in [0.717, 1.165) is 0 Å². The van der Waals surface area contributed by atoms with Crippen LogP contribution in [-0.2, 0) is 7.05 Å². The Labute approximate surface area is 162 Å². The molecule has 0 spiro atoms. The molecular weight excluding hydrogens is 356 g/mol. The lowest BCUT2D eigenvalue weighted by Gasteiger charge is -2.18. The first-order chi connectivity index (χ1) is 13.5. The molecule has 1 saturated heterocycles. The smallest absolute Gasteiger partial charge is 0.270 e. The standard InChI is InChI=1S/C20H22N6O2/c1-13-21-18(24-23-13)15-11-26(20(28)17-9-6-10-25(17)2)12-16(15)22-19(27)14-7-4-3-5-8-14/h3-10,15-16H,11-12H2,1-2H3,(H,22,27)(H,21,23,24)/t15-,16-/m1/s1. The number of nitrogens with zero attached hydrogens (tertiary/aromatic N) is 4. The van der Waals surface area contributed by atoms with Gasteiger partial charge in [-0.3, -0.25) is 14.7 Å². The number of amides is 2. The van der Waals surface area contributed by atoms with Crippen LogP contribution in [0.5, 0.6) is 0 Å². The third-order valence-corrected chi connectivity index (χ3v) is 5.07. The molecule has 0 saturated carbocycles. The number of rotatable bonds is 4. The number of H-pyrrole nitrogens is 1. The summed E-state index contributed by atoms with van der Waals surface area (Å²) in [6, 6.07) is 12.4. The molecule has 3 aromatic rings. The number of aromatic nitrogens is 4. The summed E-state index contributed by atoms with van der Waals surface area (Å²) in [5.74, 6) is 0.896. The summed E-state index contributed by atoms with van der Waals surface area (Å²) >= 11 is 0. The minimum atomic E-state index is -0.271. The maximum absolute atomic E-state index is 13.0. The van der Waals surface area contributed by atoms with Crippen molar-refractivity contribution in [1.29, 1.82) is 0 Å². The van der Waals surface area contributed by atoms with Crippen molar-refractivity contribution in [3.8, 4) is 0 Å². The number of nitrogens with one attached hydrogen (secondary N) is 2. The van der Waals surface area contributed by atoms with Gasteiger partial charge in [-0.15, -0.1) is 0 Å². The van der Waals surface area contributed by atoms with Gasteiger partial charge in [0.2, 0.25) is 0 Å². The highest BCUT2D eigenvalue weighted by Crippen LogP contribution is 2.27. The van der Waals surface area contributed by atoms with Crippen LogP contribution in [0.25, 0.3) is 0 Å². The van der Waals surface area contributed by atoms with Gasteiger partial charge in [0.15, 0.2) is 5.82 Å². The second-order valence-corrected chi connectivity index (χ2v) is 7.05. The van der Waals surface area contributed by atoms with E-state index in [1.165, 1.54) is 0 Å². The fourth-order valence-corrected chi connectivity index (χ4v) is 3.59. The fraction of sp³-hybridized carbons (Fsp3) is 0.300. The normalized spacial score (nSPS) is 19.0. The van der Waals surface area contributed by atoms with Crippen LogP contribution in [0.2, 0.25) is 0 Å². The Kier molecular flexibility index (Phi) is 4.68. The van der Waals surface area contributed by atoms with E-state index in [1.807, 2.05) is 44.4 Å². The van der Waals surface area contributed by atoms with Gasteiger partial charge in [-0.05, 0) is 31.2 Å². The van der Waals surface area contributed by atoms with Crippen molar-refractivity contribution >= 4 is 11.8 Å². The highest BCUT2D eigenvalue weighted by atomic mass is 16.2. The molecule has 144 valence electrons. The highest BCUT2D eigenvalue weighted by molar-refractivity contribution is 5.95. The summed E-state index contributed by atoms with van der Waals surface area (Å²) in [5.41, 5.74) is 1.19. The van der Waals surface area contributed by atoms with Crippen molar-refractivity contribution in [3.05, 3.63) is 71.6 Å². The quantitative estimate of drug-likeness (QED) is 0.719. The molecule has 28 heavy (non-hydrogen) atoms. The first-order valence-electron chi connectivity index (χ1n) is 9.18. The number of carbonyl (C=O) groups is 2. The van der Waals surface area contributed by atoms with E-state index in [4.69, 9.17) is 0 Å². The summed E-state index contributed by atoms with van der Waals surface area (Å²) in [4.78, 5) is 31.8. The molecule has 0 radical (unpaired) electrons. The topological polar surface area (TPSA) is 95.9 Å². The summed E-state index contributed by atoms with van der Waals surface area (Å²) < 4.78 is 1.80. The minimum Gasteiger partial charge on any atom is -0.347 e. The van der Waals surface area contributed by atoms with Gasteiger partial charge in [0.25, 0.3) is 11.8 Å². The van der Waals surface area contributed by atoms with E-state index >= 15 is 0 Å². The largest absolute Gasteiger partial charge is 0.347 e. The van der Waals surface area contributed by atoms with Crippen LogP contribution in [-0.4, -0.2) is 55.6 Å². The van der Waals surface area contributed by atoms with Crippen molar-refractivity contribution in [3.63, 3.8) is 0 Å². The molecule has 8 nitrogen and oxygen atoms in total. The summed E-state index contributed by atoms with van der Waals surface area (Å²) in [6.45, 7) is 2.68. The average molecular weight is 378 g/mol. The van der Waals surface area contributed by atoms with Crippen molar-refractivity contribution in [2.24, 2.45) is 7.05 Å². The van der Waals surface area contributed by atoms with E-state index in [2.05, 4.69) is 20.5 Å². The van der Waals surface area contributed by atoms with Gasteiger partial charge in [-0.1, -0.05) is 18.2 Å². The lowest BCUT2D eigenvalue weighted by atomic mass is 10.0.